The number of aromatic nitrogens is 1. The van der Waals surface area contributed by atoms with Crippen LogP contribution in [0.1, 0.15) is 16.1 Å². The third-order valence-corrected chi connectivity index (χ3v) is 3.58. The Bertz CT molecular complexity index is 584. The number of pyridine rings is 1. The van der Waals surface area contributed by atoms with Crippen molar-refractivity contribution in [2.75, 3.05) is 12.4 Å². The Morgan fingerprint density at radius 3 is 2.75 bits per heavy atom. The van der Waals surface area contributed by atoms with Crippen molar-refractivity contribution in [3.05, 3.63) is 53.9 Å². The van der Waals surface area contributed by atoms with Gasteiger partial charge in [0.2, 0.25) is 0 Å². The van der Waals surface area contributed by atoms with Crippen LogP contribution in [0.15, 0.2) is 47.5 Å². The minimum absolute atomic E-state index is 0.0483. The van der Waals surface area contributed by atoms with E-state index in [0.29, 0.717) is 12.4 Å². The molecule has 0 spiro atoms. The molecule has 1 N–H and O–H groups in total. The van der Waals surface area contributed by atoms with E-state index >= 15 is 0 Å². The highest BCUT2D eigenvalue weighted by Crippen LogP contribution is 2.19. The summed E-state index contributed by atoms with van der Waals surface area (Å²) >= 11 is 1.67. The molecule has 0 radical (unpaired) electrons. The smallest absolute Gasteiger partial charge is 0.358 e. The van der Waals surface area contributed by atoms with Crippen molar-refractivity contribution in [1.29, 1.82) is 0 Å². The number of aryl methyl sites for hydroxylation is 1. The molecule has 0 aliphatic rings. The second-order valence-electron chi connectivity index (χ2n) is 4.17. The predicted octanol–water partition coefficient (Wildman–Crippen LogP) is 3.26. The number of ether oxygens (including phenoxy) is 1. The lowest BCUT2D eigenvalue weighted by Crippen LogP contribution is -2.07. The number of nitrogens with zero attached hydrogens (tertiary/aromatic N) is 1. The van der Waals surface area contributed by atoms with Gasteiger partial charge in [-0.2, -0.15) is 0 Å². The van der Waals surface area contributed by atoms with Gasteiger partial charge in [-0.15, -0.1) is 11.8 Å². The van der Waals surface area contributed by atoms with Crippen LogP contribution in [0.25, 0.3) is 0 Å². The molecule has 1 aromatic carbocycles. The minimum atomic E-state index is -1.08. The van der Waals surface area contributed by atoms with Crippen LogP contribution in [0.3, 0.4) is 0 Å². The molecular weight excluding hydrogens is 274 g/mol. The molecule has 2 aromatic rings. The Morgan fingerprint density at radius 2 is 2.05 bits per heavy atom. The molecule has 4 nitrogen and oxygen atoms in total. The van der Waals surface area contributed by atoms with Crippen LogP contribution in [0.5, 0.6) is 5.75 Å². The van der Waals surface area contributed by atoms with Crippen LogP contribution in [-0.4, -0.2) is 28.4 Å². The quantitative estimate of drug-likeness (QED) is 0.653. The van der Waals surface area contributed by atoms with Gasteiger partial charge in [0.25, 0.3) is 0 Å². The molecule has 0 saturated carbocycles. The summed E-state index contributed by atoms with van der Waals surface area (Å²) in [6.45, 7) is 2.48. The van der Waals surface area contributed by atoms with E-state index in [0.717, 1.165) is 5.75 Å². The Balaban J connectivity index is 1.84. The summed E-state index contributed by atoms with van der Waals surface area (Å²) in [7, 11) is 0. The molecular formula is C15H15NO3S. The maximum Gasteiger partial charge on any atom is 0.358 e. The van der Waals surface area contributed by atoms with E-state index in [-0.39, 0.29) is 5.69 Å². The number of hydrogen-bond acceptors (Lipinski definition) is 4. The monoisotopic (exact) mass is 289 g/mol. The zero-order chi connectivity index (χ0) is 14.4. The van der Waals surface area contributed by atoms with Crippen molar-refractivity contribution in [2.45, 2.75) is 11.8 Å². The molecule has 1 heterocycles. The van der Waals surface area contributed by atoms with Gasteiger partial charge in [-0.3, -0.25) is 0 Å². The SMILES string of the molecule is Cc1ccc(SCCOc2cccnc2C(=O)O)cc1. The summed E-state index contributed by atoms with van der Waals surface area (Å²) in [5.41, 5.74) is 1.18. The normalized spacial score (nSPS) is 10.2. The summed E-state index contributed by atoms with van der Waals surface area (Å²) < 4.78 is 5.48. The minimum Gasteiger partial charge on any atom is -0.490 e. The Hall–Kier alpha value is -2.01. The molecule has 0 bridgehead atoms. The van der Waals surface area contributed by atoms with Crippen LogP contribution < -0.4 is 4.74 Å². The van der Waals surface area contributed by atoms with Gasteiger partial charge in [0, 0.05) is 16.8 Å². The van der Waals surface area contributed by atoms with E-state index in [9.17, 15) is 4.79 Å². The lowest BCUT2D eigenvalue weighted by molar-refractivity contribution is 0.0685. The fourth-order valence-corrected chi connectivity index (χ4v) is 2.34. The number of carbonyl (C=O) groups is 1. The molecule has 5 heteroatoms. The summed E-state index contributed by atoms with van der Waals surface area (Å²) in [6, 6.07) is 11.5. The van der Waals surface area contributed by atoms with Crippen molar-refractivity contribution in [1.82, 2.24) is 4.98 Å². The zero-order valence-corrected chi connectivity index (χ0v) is 11.9. The van der Waals surface area contributed by atoms with E-state index in [1.165, 1.54) is 16.7 Å². The van der Waals surface area contributed by atoms with Crippen molar-refractivity contribution >= 4 is 17.7 Å². The highest BCUT2D eigenvalue weighted by atomic mass is 32.2. The van der Waals surface area contributed by atoms with Gasteiger partial charge in [0.1, 0.15) is 0 Å². The van der Waals surface area contributed by atoms with Crippen LogP contribution in [0, 0.1) is 6.92 Å². The molecule has 0 atom stereocenters. The predicted molar refractivity (Wildman–Crippen MR) is 78.6 cm³/mol. The molecule has 0 amide bonds. The standard InChI is InChI=1S/C15H15NO3S/c1-11-4-6-12(7-5-11)20-10-9-19-13-3-2-8-16-14(13)15(17)18/h2-8H,9-10H2,1H3,(H,17,18). The van der Waals surface area contributed by atoms with E-state index in [2.05, 4.69) is 29.2 Å². The third-order valence-electron chi connectivity index (χ3n) is 2.60. The van der Waals surface area contributed by atoms with E-state index < -0.39 is 5.97 Å². The molecule has 0 unspecified atom stereocenters. The van der Waals surface area contributed by atoms with Crippen molar-refractivity contribution in [2.24, 2.45) is 0 Å². The van der Waals surface area contributed by atoms with Gasteiger partial charge in [-0.1, -0.05) is 17.7 Å². The van der Waals surface area contributed by atoms with Crippen LogP contribution >= 0.6 is 11.8 Å². The highest BCUT2D eigenvalue weighted by molar-refractivity contribution is 7.99. The average molecular weight is 289 g/mol. The lowest BCUT2D eigenvalue weighted by atomic mass is 10.2. The van der Waals surface area contributed by atoms with Crippen molar-refractivity contribution in [3.8, 4) is 5.75 Å². The molecule has 104 valence electrons. The van der Waals surface area contributed by atoms with Crippen molar-refractivity contribution in [3.63, 3.8) is 0 Å². The van der Waals surface area contributed by atoms with Crippen LogP contribution in [0.4, 0.5) is 0 Å². The van der Waals surface area contributed by atoms with Gasteiger partial charge < -0.3 is 9.84 Å². The van der Waals surface area contributed by atoms with E-state index in [4.69, 9.17) is 9.84 Å². The molecule has 1 aromatic heterocycles. The summed E-state index contributed by atoms with van der Waals surface area (Å²) in [6.07, 6.45) is 1.44. The largest absolute Gasteiger partial charge is 0.490 e. The van der Waals surface area contributed by atoms with Gasteiger partial charge in [0.15, 0.2) is 11.4 Å². The number of carboxylic acids is 1. The first-order valence-electron chi connectivity index (χ1n) is 6.17. The number of aromatic carboxylic acids is 1. The topological polar surface area (TPSA) is 59.4 Å². The van der Waals surface area contributed by atoms with Crippen molar-refractivity contribution < 1.29 is 14.6 Å². The Morgan fingerprint density at radius 1 is 1.30 bits per heavy atom. The second-order valence-corrected chi connectivity index (χ2v) is 5.33. The summed E-state index contributed by atoms with van der Waals surface area (Å²) in [4.78, 5) is 15.9. The summed E-state index contributed by atoms with van der Waals surface area (Å²) in [5, 5.41) is 8.98. The molecule has 20 heavy (non-hydrogen) atoms. The van der Waals surface area contributed by atoms with Crippen LogP contribution in [-0.2, 0) is 0 Å². The maximum absolute atomic E-state index is 11.0. The van der Waals surface area contributed by atoms with Crippen LogP contribution in [0.2, 0.25) is 0 Å². The maximum atomic E-state index is 11.0. The third kappa shape index (κ3) is 3.99. The number of carboxylic acid groups (broad SMARTS) is 1. The number of rotatable bonds is 6. The highest BCUT2D eigenvalue weighted by Gasteiger charge is 2.11. The Kier molecular flexibility index (Phi) is 5.01. The lowest BCUT2D eigenvalue weighted by Gasteiger charge is -2.08. The Labute approximate surface area is 121 Å². The van der Waals surface area contributed by atoms with Gasteiger partial charge in [-0.05, 0) is 31.2 Å². The molecule has 0 aliphatic carbocycles. The first-order chi connectivity index (χ1) is 9.66. The van der Waals surface area contributed by atoms with Gasteiger partial charge >= 0.3 is 5.97 Å². The van der Waals surface area contributed by atoms with Gasteiger partial charge in [0.05, 0.1) is 6.61 Å². The fourth-order valence-electron chi connectivity index (χ4n) is 1.61. The summed E-state index contributed by atoms with van der Waals surface area (Å²) in [5.74, 6) is -0.0203. The second kappa shape index (κ2) is 6.96. The number of benzene rings is 1. The zero-order valence-electron chi connectivity index (χ0n) is 11.1. The average Bonchev–Trinajstić information content (AvgIpc) is 2.46. The molecule has 2 rings (SSSR count). The molecule has 0 fully saturated rings. The first-order valence-corrected chi connectivity index (χ1v) is 7.16. The number of thioether (sulfide) groups is 1. The fraction of sp³-hybridized carbons (Fsp3) is 0.200. The van der Waals surface area contributed by atoms with Gasteiger partial charge in [-0.25, -0.2) is 9.78 Å². The first kappa shape index (κ1) is 14.4. The molecule has 0 saturated heterocycles. The van der Waals surface area contributed by atoms with E-state index in [1.54, 1.807) is 23.9 Å². The molecule has 0 aliphatic heterocycles. The number of hydrogen-bond donors (Lipinski definition) is 1. The van der Waals surface area contributed by atoms with E-state index in [1.807, 2.05) is 6.92 Å².